The minimum atomic E-state index is 0.669. The van der Waals surface area contributed by atoms with Gasteiger partial charge in [0.2, 0.25) is 0 Å². The third kappa shape index (κ3) is 4.87. The molecule has 0 saturated heterocycles. The second-order valence-corrected chi connectivity index (χ2v) is 14.6. The third-order valence-corrected chi connectivity index (χ3v) is 11.7. The van der Waals surface area contributed by atoms with E-state index in [-0.39, 0.29) is 0 Å². The van der Waals surface area contributed by atoms with Gasteiger partial charge in [0.1, 0.15) is 0 Å². The average molecular weight is 708 g/mol. The van der Waals surface area contributed by atoms with Crippen LogP contribution in [0.15, 0.2) is 200 Å². The number of hydrogen-bond donors (Lipinski definition) is 0. The monoisotopic (exact) mass is 707 g/mol. The average Bonchev–Trinajstić information content (AvgIpc) is 3.60. The van der Waals surface area contributed by atoms with Gasteiger partial charge in [0, 0.05) is 0 Å². The predicted octanol–water partition coefficient (Wildman–Crippen LogP) is 15.0. The van der Waals surface area contributed by atoms with Crippen molar-refractivity contribution >= 4 is 32.3 Å². The highest BCUT2D eigenvalue weighted by atomic mass is 14.3. The highest BCUT2D eigenvalue weighted by molar-refractivity contribution is 6.28. The van der Waals surface area contributed by atoms with E-state index in [0.29, 0.717) is 5.56 Å². The molecule has 0 atom stereocenters. The van der Waals surface area contributed by atoms with Crippen molar-refractivity contribution < 1.29 is 0 Å². The number of nitriles is 1. The molecule has 0 spiro atoms. The Morgan fingerprint density at radius 2 is 0.625 bits per heavy atom. The lowest BCUT2D eigenvalue weighted by Crippen LogP contribution is -1.93. The Kier molecular flexibility index (Phi) is 7.31. The summed E-state index contributed by atoms with van der Waals surface area (Å²) >= 11 is 0. The van der Waals surface area contributed by atoms with Crippen molar-refractivity contribution in [2.75, 3.05) is 0 Å². The largest absolute Gasteiger partial charge is 0.192 e. The smallest absolute Gasteiger partial charge is 0.0991 e. The van der Waals surface area contributed by atoms with E-state index in [0.717, 1.165) is 11.1 Å². The van der Waals surface area contributed by atoms with Gasteiger partial charge in [-0.25, -0.2) is 0 Å². The van der Waals surface area contributed by atoms with Gasteiger partial charge in [-0.2, -0.15) is 5.26 Å². The Labute approximate surface area is 326 Å². The summed E-state index contributed by atoms with van der Waals surface area (Å²) in [5.41, 5.74) is 18.0. The highest BCUT2D eigenvalue weighted by Crippen LogP contribution is 2.58. The second-order valence-electron chi connectivity index (χ2n) is 14.6. The molecular formula is C55H33N. The molecular weight excluding hydrogens is 675 g/mol. The molecule has 0 bridgehead atoms. The molecule has 1 aliphatic rings. The zero-order valence-corrected chi connectivity index (χ0v) is 30.5. The van der Waals surface area contributed by atoms with Gasteiger partial charge in [0.05, 0.1) is 11.6 Å². The van der Waals surface area contributed by atoms with Gasteiger partial charge in [0.15, 0.2) is 0 Å². The summed E-state index contributed by atoms with van der Waals surface area (Å²) in [6.45, 7) is 0. The lowest BCUT2D eigenvalue weighted by Gasteiger charge is -2.20. The Balaban J connectivity index is 1.08. The first-order valence-corrected chi connectivity index (χ1v) is 19.2. The minimum Gasteiger partial charge on any atom is -0.192 e. The lowest BCUT2D eigenvalue weighted by atomic mass is 9.82. The molecule has 0 unspecified atom stereocenters. The maximum atomic E-state index is 9.32. The molecule has 0 fully saturated rings. The Bertz CT molecular complexity index is 3110. The zero-order chi connectivity index (χ0) is 37.2. The van der Waals surface area contributed by atoms with Crippen LogP contribution in [-0.4, -0.2) is 0 Å². The van der Waals surface area contributed by atoms with Crippen molar-refractivity contribution in [3.63, 3.8) is 0 Å². The summed E-state index contributed by atoms with van der Waals surface area (Å²) in [4.78, 5) is 0. The van der Waals surface area contributed by atoms with Gasteiger partial charge in [-0.15, -0.1) is 0 Å². The molecule has 0 radical (unpaired) electrons. The van der Waals surface area contributed by atoms with Crippen LogP contribution in [0.25, 0.3) is 110 Å². The number of nitrogens with zero attached hydrogens (tertiary/aromatic N) is 1. The van der Waals surface area contributed by atoms with E-state index in [4.69, 9.17) is 0 Å². The summed E-state index contributed by atoms with van der Waals surface area (Å²) in [6, 6.07) is 74.6. The fourth-order valence-corrected chi connectivity index (χ4v) is 9.22. The maximum Gasteiger partial charge on any atom is 0.0991 e. The van der Waals surface area contributed by atoms with Gasteiger partial charge in [-0.3, -0.25) is 0 Å². The number of benzene rings is 10. The maximum absolute atomic E-state index is 9.32. The second kappa shape index (κ2) is 12.8. The molecule has 1 heteroatoms. The molecule has 10 aromatic carbocycles. The van der Waals surface area contributed by atoms with Crippen LogP contribution >= 0.6 is 0 Å². The normalized spacial score (nSPS) is 11.6. The molecule has 56 heavy (non-hydrogen) atoms. The molecule has 0 heterocycles. The first kappa shape index (κ1) is 31.9. The van der Waals surface area contributed by atoms with Crippen molar-refractivity contribution in [3.8, 4) is 84.0 Å². The molecule has 1 aliphatic carbocycles. The topological polar surface area (TPSA) is 23.8 Å². The molecule has 0 N–H and O–H groups in total. The van der Waals surface area contributed by atoms with Gasteiger partial charge in [0.25, 0.3) is 0 Å². The van der Waals surface area contributed by atoms with Crippen molar-refractivity contribution in [1.29, 1.82) is 5.26 Å². The zero-order valence-electron chi connectivity index (χ0n) is 30.5. The van der Waals surface area contributed by atoms with E-state index < -0.39 is 0 Å². The molecule has 258 valence electrons. The van der Waals surface area contributed by atoms with Crippen LogP contribution in [0.2, 0.25) is 0 Å². The van der Waals surface area contributed by atoms with Gasteiger partial charge < -0.3 is 0 Å². The number of hydrogen-bond acceptors (Lipinski definition) is 1. The van der Waals surface area contributed by atoms with E-state index in [1.54, 1.807) is 0 Å². The summed E-state index contributed by atoms with van der Waals surface area (Å²) < 4.78 is 0. The van der Waals surface area contributed by atoms with E-state index in [1.165, 1.54) is 99.1 Å². The number of rotatable bonds is 5. The first-order valence-electron chi connectivity index (χ1n) is 19.2. The van der Waals surface area contributed by atoms with E-state index in [9.17, 15) is 5.26 Å². The van der Waals surface area contributed by atoms with Crippen molar-refractivity contribution in [2.24, 2.45) is 0 Å². The molecule has 0 aliphatic heterocycles. The van der Waals surface area contributed by atoms with Gasteiger partial charge in [-0.05, 0) is 122 Å². The molecule has 10 aromatic rings. The molecule has 0 aromatic heterocycles. The standard InChI is InChI=1S/C55H33N/c56-34-35-22-24-36(25-23-35)41-30-31-42(45-17-8-7-16-44(41)45)37-26-28-38(29-27-37)43-32-33-50-53-46(43)20-11-21-49(53)54-51(39-12-3-1-4-13-39)47-18-9-10-19-48(47)52(55(50)54)40-14-5-2-6-15-40/h1-33H. The molecule has 11 rings (SSSR count). The van der Waals surface area contributed by atoms with Crippen LogP contribution in [0, 0.1) is 11.3 Å². The quantitative estimate of drug-likeness (QED) is 0.175. The Morgan fingerprint density at radius 1 is 0.250 bits per heavy atom. The summed E-state index contributed by atoms with van der Waals surface area (Å²) in [7, 11) is 0. The van der Waals surface area contributed by atoms with Crippen LogP contribution in [-0.2, 0) is 0 Å². The van der Waals surface area contributed by atoms with Crippen LogP contribution < -0.4 is 0 Å². The van der Waals surface area contributed by atoms with Crippen molar-refractivity contribution in [2.45, 2.75) is 0 Å². The summed E-state index contributed by atoms with van der Waals surface area (Å²) in [6.07, 6.45) is 0. The SMILES string of the molecule is N#Cc1ccc(-c2ccc(-c3ccc(-c4ccc5c6c(cccc46)-c4c-5c(-c5ccccc5)c5ccccc5c4-c4ccccc4)cc3)c3ccccc23)cc1. The summed E-state index contributed by atoms with van der Waals surface area (Å²) in [5, 5.41) is 16.9. The van der Waals surface area contributed by atoms with Gasteiger partial charge in [-0.1, -0.05) is 188 Å². The van der Waals surface area contributed by atoms with Crippen LogP contribution in [0.5, 0.6) is 0 Å². The molecule has 0 amide bonds. The highest BCUT2D eigenvalue weighted by Gasteiger charge is 2.31. The fraction of sp³-hybridized carbons (Fsp3) is 0. The number of fused-ring (bicyclic) bond motifs is 5. The van der Waals surface area contributed by atoms with Crippen LogP contribution in [0.4, 0.5) is 0 Å². The van der Waals surface area contributed by atoms with E-state index in [1.807, 2.05) is 24.3 Å². The fourth-order valence-electron chi connectivity index (χ4n) is 9.22. The van der Waals surface area contributed by atoms with Crippen LogP contribution in [0.1, 0.15) is 5.56 Å². The molecule has 0 saturated carbocycles. The Hall–Kier alpha value is -7.53. The van der Waals surface area contributed by atoms with E-state index >= 15 is 0 Å². The van der Waals surface area contributed by atoms with E-state index in [2.05, 4.69) is 182 Å². The van der Waals surface area contributed by atoms with Gasteiger partial charge >= 0.3 is 0 Å². The Morgan fingerprint density at radius 3 is 1.11 bits per heavy atom. The third-order valence-electron chi connectivity index (χ3n) is 11.7. The van der Waals surface area contributed by atoms with Crippen LogP contribution in [0.3, 0.4) is 0 Å². The predicted molar refractivity (Wildman–Crippen MR) is 235 cm³/mol. The first-order chi connectivity index (χ1) is 27.8. The lowest BCUT2D eigenvalue weighted by molar-refractivity contribution is 1.48. The summed E-state index contributed by atoms with van der Waals surface area (Å²) in [5.74, 6) is 0. The van der Waals surface area contributed by atoms with Crippen molar-refractivity contribution in [3.05, 3.63) is 206 Å². The molecule has 1 nitrogen and oxygen atoms in total. The minimum absolute atomic E-state index is 0.669. The van der Waals surface area contributed by atoms with Crippen molar-refractivity contribution in [1.82, 2.24) is 0 Å².